The van der Waals surface area contributed by atoms with E-state index in [2.05, 4.69) is 0 Å². The van der Waals surface area contributed by atoms with Crippen LogP contribution in [0.1, 0.15) is 44.9 Å². The fraction of sp³-hybridized carbons (Fsp3) is 1.00. The summed E-state index contributed by atoms with van der Waals surface area (Å²) in [6.45, 7) is 0. The Bertz CT molecular complexity index is 168. The number of halogens is 1. The second-order valence-electron chi connectivity index (χ2n) is 4.63. The van der Waals surface area contributed by atoms with Crippen LogP contribution in [0.3, 0.4) is 0 Å². The Balaban J connectivity index is 0.000000845. The predicted molar refractivity (Wildman–Crippen MR) is 56.0 cm³/mol. The van der Waals surface area contributed by atoms with Crippen molar-refractivity contribution in [3.8, 4) is 0 Å². The molecule has 2 aliphatic carbocycles. The van der Waals surface area contributed by atoms with Crippen LogP contribution < -0.4 is 5.73 Å². The first kappa shape index (κ1) is 11.3. The van der Waals surface area contributed by atoms with Crippen LogP contribution in [0.2, 0.25) is 0 Å². The quantitative estimate of drug-likeness (QED) is 0.634. The van der Waals surface area contributed by atoms with E-state index in [4.69, 9.17) is 5.73 Å². The molecule has 0 amide bonds. The van der Waals surface area contributed by atoms with Gasteiger partial charge in [0.05, 0.1) is 6.10 Å². The van der Waals surface area contributed by atoms with Crippen LogP contribution >= 0.6 is 12.4 Å². The largest absolute Gasteiger partial charge is 0.393 e. The van der Waals surface area contributed by atoms with Gasteiger partial charge in [0.15, 0.2) is 0 Å². The maximum Gasteiger partial charge on any atom is 0.0597 e. The summed E-state index contributed by atoms with van der Waals surface area (Å²) >= 11 is 0. The Hall–Kier alpha value is 0.210. The number of aliphatic hydroxyl groups is 1. The molecule has 78 valence electrons. The molecule has 0 aliphatic heterocycles. The zero-order valence-corrected chi connectivity index (χ0v) is 8.85. The third-order valence-corrected chi connectivity index (χ3v) is 3.79. The summed E-state index contributed by atoms with van der Waals surface area (Å²) in [4.78, 5) is 0. The summed E-state index contributed by atoms with van der Waals surface area (Å²) in [5, 5.41) is 9.92. The highest BCUT2D eigenvalue weighted by atomic mass is 35.5. The van der Waals surface area contributed by atoms with Crippen molar-refractivity contribution in [3.05, 3.63) is 0 Å². The van der Waals surface area contributed by atoms with E-state index in [1.54, 1.807) is 0 Å². The molecular weight excluding hydrogens is 186 g/mol. The van der Waals surface area contributed by atoms with Crippen molar-refractivity contribution >= 4 is 12.4 Å². The van der Waals surface area contributed by atoms with Crippen LogP contribution in [-0.2, 0) is 0 Å². The molecule has 1 spiro atoms. The summed E-state index contributed by atoms with van der Waals surface area (Å²) in [6, 6.07) is 0.353. The molecule has 2 saturated carbocycles. The van der Waals surface area contributed by atoms with E-state index >= 15 is 0 Å². The van der Waals surface area contributed by atoms with Gasteiger partial charge in [-0.05, 0) is 37.5 Å². The third kappa shape index (κ3) is 2.00. The molecule has 0 aromatic carbocycles. The average Bonchev–Trinajstić information content (AvgIpc) is 2.48. The average molecular weight is 206 g/mol. The van der Waals surface area contributed by atoms with Gasteiger partial charge in [-0.25, -0.2) is 0 Å². The summed E-state index contributed by atoms with van der Waals surface area (Å²) in [7, 11) is 0. The lowest BCUT2D eigenvalue weighted by Gasteiger charge is -2.41. The number of nitrogens with two attached hydrogens (primary N) is 1. The molecule has 0 aromatic rings. The number of hydrogen-bond donors (Lipinski definition) is 2. The first-order valence-corrected chi connectivity index (χ1v) is 5.17. The van der Waals surface area contributed by atoms with Crippen molar-refractivity contribution in [2.45, 2.75) is 57.1 Å². The highest BCUT2D eigenvalue weighted by Crippen LogP contribution is 2.48. The maximum atomic E-state index is 9.92. The van der Waals surface area contributed by atoms with Crippen LogP contribution in [0.25, 0.3) is 0 Å². The summed E-state index contributed by atoms with van der Waals surface area (Å²) in [6.07, 6.45) is 7.97. The van der Waals surface area contributed by atoms with Gasteiger partial charge in [-0.3, -0.25) is 0 Å². The van der Waals surface area contributed by atoms with E-state index in [0.717, 1.165) is 19.3 Å². The van der Waals surface area contributed by atoms with Gasteiger partial charge >= 0.3 is 0 Å². The standard InChI is InChI=1S/C10H19NO.ClH/c11-8-3-4-9(12)10(7-8)5-1-2-6-10;/h8-9,12H,1-7,11H2;1H. The Morgan fingerprint density at radius 1 is 1.15 bits per heavy atom. The molecule has 0 radical (unpaired) electrons. The van der Waals surface area contributed by atoms with E-state index in [1.807, 2.05) is 0 Å². The highest BCUT2D eigenvalue weighted by molar-refractivity contribution is 5.85. The fourth-order valence-electron chi connectivity index (χ4n) is 3.05. The lowest BCUT2D eigenvalue weighted by atomic mass is 9.69. The van der Waals surface area contributed by atoms with Crippen LogP contribution in [0.15, 0.2) is 0 Å². The van der Waals surface area contributed by atoms with Crippen molar-refractivity contribution in [2.75, 3.05) is 0 Å². The molecule has 2 nitrogen and oxygen atoms in total. The molecule has 0 saturated heterocycles. The van der Waals surface area contributed by atoms with Crippen molar-refractivity contribution in [3.63, 3.8) is 0 Å². The van der Waals surface area contributed by atoms with Gasteiger partial charge in [-0.1, -0.05) is 12.8 Å². The van der Waals surface area contributed by atoms with Crippen molar-refractivity contribution in [2.24, 2.45) is 11.1 Å². The van der Waals surface area contributed by atoms with Crippen molar-refractivity contribution < 1.29 is 5.11 Å². The van der Waals surface area contributed by atoms with Crippen LogP contribution in [0, 0.1) is 5.41 Å². The second kappa shape index (κ2) is 4.16. The molecule has 2 aliphatic rings. The zero-order valence-electron chi connectivity index (χ0n) is 8.04. The van der Waals surface area contributed by atoms with E-state index < -0.39 is 0 Å². The van der Waals surface area contributed by atoms with Crippen LogP contribution in [0.5, 0.6) is 0 Å². The monoisotopic (exact) mass is 205 g/mol. The fourth-order valence-corrected chi connectivity index (χ4v) is 3.05. The van der Waals surface area contributed by atoms with Gasteiger partial charge in [0.2, 0.25) is 0 Å². The summed E-state index contributed by atoms with van der Waals surface area (Å²) in [5.74, 6) is 0. The number of hydrogen-bond acceptors (Lipinski definition) is 2. The Kier molecular flexibility index (Phi) is 3.61. The van der Waals surface area contributed by atoms with Crippen molar-refractivity contribution in [1.29, 1.82) is 0 Å². The first-order valence-electron chi connectivity index (χ1n) is 5.17. The Labute approximate surface area is 86.3 Å². The molecule has 3 heteroatoms. The normalized spacial score (nSPS) is 37.4. The molecule has 0 heterocycles. The molecule has 2 fully saturated rings. The molecule has 2 unspecified atom stereocenters. The van der Waals surface area contributed by atoms with Gasteiger partial charge in [0.25, 0.3) is 0 Å². The molecular formula is C10H20ClNO. The molecule has 3 N–H and O–H groups in total. The molecule has 0 bridgehead atoms. The van der Waals surface area contributed by atoms with Gasteiger partial charge in [-0.15, -0.1) is 12.4 Å². The molecule has 0 aromatic heterocycles. The molecule has 2 rings (SSSR count). The van der Waals surface area contributed by atoms with Gasteiger partial charge in [0, 0.05) is 6.04 Å². The van der Waals surface area contributed by atoms with E-state index in [-0.39, 0.29) is 23.9 Å². The van der Waals surface area contributed by atoms with E-state index in [0.29, 0.717) is 6.04 Å². The first-order chi connectivity index (χ1) is 5.73. The predicted octanol–water partition coefficient (Wildman–Crippen LogP) is 1.84. The lowest BCUT2D eigenvalue weighted by Crippen LogP contribution is -2.43. The van der Waals surface area contributed by atoms with E-state index in [1.165, 1.54) is 25.7 Å². The minimum Gasteiger partial charge on any atom is -0.393 e. The minimum absolute atomic E-state index is 0. The van der Waals surface area contributed by atoms with Gasteiger partial charge in [0.1, 0.15) is 0 Å². The second-order valence-corrected chi connectivity index (χ2v) is 4.63. The summed E-state index contributed by atoms with van der Waals surface area (Å²) < 4.78 is 0. The van der Waals surface area contributed by atoms with Crippen LogP contribution in [0.4, 0.5) is 0 Å². The number of aliphatic hydroxyl groups excluding tert-OH is 1. The lowest BCUT2D eigenvalue weighted by molar-refractivity contribution is -0.0138. The summed E-state index contributed by atoms with van der Waals surface area (Å²) in [5.41, 5.74) is 6.17. The smallest absolute Gasteiger partial charge is 0.0597 e. The third-order valence-electron chi connectivity index (χ3n) is 3.79. The molecule has 13 heavy (non-hydrogen) atoms. The highest BCUT2D eigenvalue weighted by Gasteiger charge is 2.43. The van der Waals surface area contributed by atoms with Crippen LogP contribution in [-0.4, -0.2) is 17.3 Å². The minimum atomic E-state index is -0.0557. The zero-order chi connectivity index (χ0) is 8.60. The van der Waals surface area contributed by atoms with E-state index in [9.17, 15) is 5.11 Å². The van der Waals surface area contributed by atoms with Gasteiger partial charge in [-0.2, -0.15) is 0 Å². The molecule has 2 atom stereocenters. The Morgan fingerprint density at radius 3 is 2.38 bits per heavy atom. The topological polar surface area (TPSA) is 46.2 Å². The Morgan fingerprint density at radius 2 is 1.77 bits per heavy atom. The SMILES string of the molecule is Cl.NC1CCC(O)C2(CCCC2)C1. The number of rotatable bonds is 0. The van der Waals surface area contributed by atoms with Gasteiger partial charge < -0.3 is 10.8 Å². The maximum absolute atomic E-state index is 9.92. The van der Waals surface area contributed by atoms with Crippen molar-refractivity contribution in [1.82, 2.24) is 0 Å².